The van der Waals surface area contributed by atoms with E-state index < -0.39 is 0 Å². The number of benzene rings is 1. The monoisotopic (exact) mass is 221 g/mol. The van der Waals surface area contributed by atoms with Gasteiger partial charge in [0, 0.05) is 4.88 Å². The lowest BCUT2D eigenvalue weighted by Gasteiger charge is -2.11. The van der Waals surface area contributed by atoms with Crippen LogP contribution in [0.2, 0.25) is 0 Å². The zero-order valence-corrected chi connectivity index (χ0v) is 9.22. The smallest absolute Gasteiger partial charge is 0.123 e. The van der Waals surface area contributed by atoms with E-state index in [0.717, 1.165) is 11.1 Å². The molecule has 2 N–H and O–H groups in total. The van der Waals surface area contributed by atoms with E-state index in [-0.39, 0.29) is 11.9 Å². The molecule has 1 unspecified atom stereocenters. The molecule has 1 atom stereocenters. The standard InChI is InChI=1S/C12H12FNS/c1-8-11(5-6-15-8)12(14)9-3-2-4-10(13)7-9/h2-7,12H,14H2,1H3. The molecule has 0 aliphatic heterocycles. The summed E-state index contributed by atoms with van der Waals surface area (Å²) in [6, 6.07) is 8.22. The van der Waals surface area contributed by atoms with Crippen molar-refractivity contribution in [1.82, 2.24) is 0 Å². The number of thiophene rings is 1. The normalized spacial score (nSPS) is 12.7. The number of hydrogen-bond donors (Lipinski definition) is 1. The SMILES string of the molecule is Cc1sccc1C(N)c1cccc(F)c1. The Morgan fingerprint density at radius 2 is 2.13 bits per heavy atom. The Kier molecular flexibility index (Phi) is 2.84. The van der Waals surface area contributed by atoms with Crippen molar-refractivity contribution in [2.24, 2.45) is 5.73 Å². The molecule has 0 amide bonds. The van der Waals surface area contributed by atoms with Crippen LogP contribution in [-0.4, -0.2) is 0 Å². The van der Waals surface area contributed by atoms with Gasteiger partial charge in [0.2, 0.25) is 0 Å². The first-order chi connectivity index (χ1) is 7.18. The maximum absolute atomic E-state index is 13.0. The minimum absolute atomic E-state index is 0.230. The highest BCUT2D eigenvalue weighted by Gasteiger charge is 2.12. The lowest BCUT2D eigenvalue weighted by molar-refractivity contribution is 0.623. The van der Waals surface area contributed by atoms with Crippen LogP contribution in [-0.2, 0) is 0 Å². The first-order valence-electron chi connectivity index (χ1n) is 4.73. The molecule has 1 heterocycles. The van der Waals surface area contributed by atoms with Crippen LogP contribution < -0.4 is 5.73 Å². The molecule has 0 bridgehead atoms. The molecule has 2 rings (SSSR count). The van der Waals surface area contributed by atoms with Crippen LogP contribution in [0.25, 0.3) is 0 Å². The molecule has 2 aromatic rings. The Morgan fingerprint density at radius 3 is 2.73 bits per heavy atom. The fourth-order valence-electron chi connectivity index (χ4n) is 1.60. The van der Waals surface area contributed by atoms with Gasteiger partial charge in [0.15, 0.2) is 0 Å². The summed E-state index contributed by atoms with van der Waals surface area (Å²) in [5, 5.41) is 2.00. The average Bonchev–Trinajstić information content (AvgIpc) is 2.63. The van der Waals surface area contributed by atoms with Crippen molar-refractivity contribution in [3.8, 4) is 0 Å². The number of rotatable bonds is 2. The molecule has 3 heteroatoms. The van der Waals surface area contributed by atoms with Gasteiger partial charge in [0.05, 0.1) is 6.04 Å². The summed E-state index contributed by atoms with van der Waals surface area (Å²) in [7, 11) is 0. The average molecular weight is 221 g/mol. The molecule has 0 aliphatic carbocycles. The van der Waals surface area contributed by atoms with E-state index in [9.17, 15) is 4.39 Å². The van der Waals surface area contributed by atoms with Crippen LogP contribution in [0.5, 0.6) is 0 Å². The van der Waals surface area contributed by atoms with Crippen molar-refractivity contribution < 1.29 is 4.39 Å². The van der Waals surface area contributed by atoms with Crippen molar-refractivity contribution in [2.75, 3.05) is 0 Å². The number of aryl methyl sites for hydroxylation is 1. The molecule has 78 valence electrons. The summed E-state index contributed by atoms with van der Waals surface area (Å²) in [5.74, 6) is -0.240. The van der Waals surface area contributed by atoms with Gasteiger partial charge in [-0.2, -0.15) is 0 Å². The van der Waals surface area contributed by atoms with Gasteiger partial charge in [-0.15, -0.1) is 11.3 Å². The Bertz CT molecular complexity index is 464. The molecule has 0 saturated carbocycles. The van der Waals surface area contributed by atoms with Crippen molar-refractivity contribution in [3.63, 3.8) is 0 Å². The molecule has 1 nitrogen and oxygen atoms in total. The van der Waals surface area contributed by atoms with E-state index in [0.29, 0.717) is 0 Å². The molecule has 0 radical (unpaired) electrons. The minimum atomic E-state index is -0.240. The Hall–Kier alpha value is -1.19. The summed E-state index contributed by atoms with van der Waals surface area (Å²) in [5.41, 5.74) is 7.96. The van der Waals surface area contributed by atoms with Gasteiger partial charge in [0.25, 0.3) is 0 Å². The van der Waals surface area contributed by atoms with Gasteiger partial charge >= 0.3 is 0 Å². The summed E-state index contributed by atoms with van der Waals surface area (Å²) in [6.07, 6.45) is 0. The van der Waals surface area contributed by atoms with E-state index in [4.69, 9.17) is 5.73 Å². The number of nitrogens with two attached hydrogens (primary N) is 1. The van der Waals surface area contributed by atoms with Crippen LogP contribution in [0, 0.1) is 12.7 Å². The predicted molar refractivity (Wildman–Crippen MR) is 61.5 cm³/mol. The summed E-state index contributed by atoms with van der Waals surface area (Å²) >= 11 is 1.66. The van der Waals surface area contributed by atoms with E-state index in [1.165, 1.54) is 17.0 Å². The quantitative estimate of drug-likeness (QED) is 0.827. The Labute approximate surface area is 92.4 Å². The minimum Gasteiger partial charge on any atom is -0.320 e. The van der Waals surface area contributed by atoms with Crippen molar-refractivity contribution in [3.05, 3.63) is 57.5 Å². The first kappa shape index (κ1) is 10.3. The number of hydrogen-bond acceptors (Lipinski definition) is 2. The zero-order valence-electron chi connectivity index (χ0n) is 8.41. The molecule has 0 saturated heterocycles. The molecule has 15 heavy (non-hydrogen) atoms. The van der Waals surface area contributed by atoms with Gasteiger partial charge in [-0.1, -0.05) is 12.1 Å². The fourth-order valence-corrected chi connectivity index (χ4v) is 2.35. The third kappa shape index (κ3) is 2.08. The molecular formula is C12H12FNS. The summed E-state index contributed by atoms with van der Waals surface area (Å²) in [6.45, 7) is 2.03. The van der Waals surface area contributed by atoms with Gasteiger partial charge in [-0.3, -0.25) is 0 Å². The van der Waals surface area contributed by atoms with E-state index in [2.05, 4.69) is 0 Å². The molecule has 1 aromatic heterocycles. The Balaban J connectivity index is 2.36. The first-order valence-corrected chi connectivity index (χ1v) is 5.61. The van der Waals surface area contributed by atoms with Gasteiger partial charge in [-0.05, 0) is 41.6 Å². The van der Waals surface area contributed by atoms with Crippen LogP contribution in [0.3, 0.4) is 0 Å². The van der Waals surface area contributed by atoms with Crippen LogP contribution in [0.4, 0.5) is 4.39 Å². The summed E-state index contributed by atoms with van der Waals surface area (Å²) in [4.78, 5) is 1.19. The second kappa shape index (κ2) is 4.13. The molecule has 0 fully saturated rings. The lowest BCUT2D eigenvalue weighted by Crippen LogP contribution is -2.12. The third-order valence-corrected chi connectivity index (χ3v) is 3.30. The van der Waals surface area contributed by atoms with E-state index in [1.807, 2.05) is 24.4 Å². The molecule has 0 aliphatic rings. The van der Waals surface area contributed by atoms with Crippen LogP contribution in [0.15, 0.2) is 35.7 Å². The third-order valence-electron chi connectivity index (χ3n) is 2.44. The largest absolute Gasteiger partial charge is 0.320 e. The highest BCUT2D eigenvalue weighted by Crippen LogP contribution is 2.26. The lowest BCUT2D eigenvalue weighted by atomic mass is 10.0. The second-order valence-corrected chi connectivity index (χ2v) is 4.59. The topological polar surface area (TPSA) is 26.0 Å². The predicted octanol–water partition coefficient (Wildman–Crippen LogP) is 3.24. The van der Waals surface area contributed by atoms with Gasteiger partial charge in [-0.25, -0.2) is 4.39 Å². The highest BCUT2D eigenvalue weighted by atomic mass is 32.1. The van der Waals surface area contributed by atoms with Crippen molar-refractivity contribution in [1.29, 1.82) is 0 Å². The molecule has 0 spiro atoms. The summed E-state index contributed by atoms with van der Waals surface area (Å²) < 4.78 is 13.0. The van der Waals surface area contributed by atoms with Crippen molar-refractivity contribution in [2.45, 2.75) is 13.0 Å². The second-order valence-electron chi connectivity index (χ2n) is 3.46. The maximum atomic E-state index is 13.0. The zero-order chi connectivity index (χ0) is 10.8. The Morgan fingerprint density at radius 1 is 1.33 bits per heavy atom. The van der Waals surface area contributed by atoms with E-state index in [1.54, 1.807) is 17.4 Å². The van der Waals surface area contributed by atoms with Gasteiger partial charge in [0.1, 0.15) is 5.82 Å². The number of halogens is 1. The van der Waals surface area contributed by atoms with Crippen LogP contribution >= 0.6 is 11.3 Å². The van der Waals surface area contributed by atoms with Crippen molar-refractivity contribution >= 4 is 11.3 Å². The highest BCUT2D eigenvalue weighted by molar-refractivity contribution is 7.10. The van der Waals surface area contributed by atoms with E-state index >= 15 is 0 Å². The maximum Gasteiger partial charge on any atom is 0.123 e. The molecule has 1 aromatic carbocycles. The van der Waals surface area contributed by atoms with Gasteiger partial charge < -0.3 is 5.73 Å². The molecular weight excluding hydrogens is 209 g/mol. The fraction of sp³-hybridized carbons (Fsp3) is 0.167. The van der Waals surface area contributed by atoms with Crippen LogP contribution in [0.1, 0.15) is 22.0 Å².